The summed E-state index contributed by atoms with van der Waals surface area (Å²) in [6, 6.07) is 11.9. The van der Waals surface area contributed by atoms with Crippen LogP contribution in [0, 0.1) is 6.92 Å². The van der Waals surface area contributed by atoms with Crippen LogP contribution in [-0.4, -0.2) is 18.4 Å². The summed E-state index contributed by atoms with van der Waals surface area (Å²) < 4.78 is 0. The Morgan fingerprint density at radius 1 is 1.05 bits per heavy atom. The van der Waals surface area contributed by atoms with Crippen molar-refractivity contribution in [2.75, 3.05) is 17.2 Å². The van der Waals surface area contributed by atoms with E-state index >= 15 is 0 Å². The first kappa shape index (κ1) is 16.0. The van der Waals surface area contributed by atoms with Crippen LogP contribution in [0.25, 0.3) is 0 Å². The smallest absolute Gasteiger partial charge is 0.255 e. The number of hydrogen-bond donors (Lipinski definition) is 3. The summed E-state index contributed by atoms with van der Waals surface area (Å²) in [4.78, 5) is 23.7. The van der Waals surface area contributed by atoms with Gasteiger partial charge in [-0.15, -0.1) is 0 Å². The molecule has 0 aromatic heterocycles. The number of aryl methyl sites for hydroxylation is 1. The number of nitrogens with one attached hydrogen (secondary N) is 2. The molecule has 0 fully saturated rings. The van der Waals surface area contributed by atoms with Crippen LogP contribution in [0.15, 0.2) is 42.5 Å². The summed E-state index contributed by atoms with van der Waals surface area (Å²) >= 11 is 5.80. The third kappa shape index (κ3) is 4.07. The molecule has 114 valence electrons. The van der Waals surface area contributed by atoms with Crippen molar-refractivity contribution in [2.24, 2.45) is 5.73 Å². The fraction of sp³-hybridized carbons (Fsp3) is 0.125. The lowest BCUT2D eigenvalue weighted by molar-refractivity contribution is -0.114. The average molecular weight is 318 g/mol. The van der Waals surface area contributed by atoms with Crippen molar-refractivity contribution in [1.29, 1.82) is 0 Å². The van der Waals surface area contributed by atoms with Crippen LogP contribution < -0.4 is 16.4 Å². The number of halogens is 1. The van der Waals surface area contributed by atoms with Crippen LogP contribution in [0.1, 0.15) is 15.9 Å². The number of carbonyl (C=O) groups excluding carboxylic acids is 2. The molecule has 2 rings (SSSR count). The van der Waals surface area contributed by atoms with Gasteiger partial charge in [0.2, 0.25) is 5.91 Å². The summed E-state index contributed by atoms with van der Waals surface area (Å²) in [6.45, 7) is 1.77. The molecule has 0 spiro atoms. The summed E-state index contributed by atoms with van der Waals surface area (Å²) in [6.07, 6.45) is 0. The molecule has 2 aromatic carbocycles. The molecule has 0 heterocycles. The van der Waals surface area contributed by atoms with E-state index in [1.54, 1.807) is 36.4 Å². The lowest BCUT2D eigenvalue weighted by Gasteiger charge is -2.13. The standard InChI is InChI=1S/C16H16ClN3O2/c1-10-2-7-13(14(8-10)19-15(21)9-18)20-16(22)11-3-5-12(17)6-4-11/h2-8H,9,18H2,1H3,(H,19,21)(H,20,22). The van der Waals surface area contributed by atoms with Gasteiger partial charge in [-0.2, -0.15) is 0 Å². The highest BCUT2D eigenvalue weighted by molar-refractivity contribution is 6.30. The number of rotatable bonds is 4. The second-order valence-electron chi connectivity index (χ2n) is 4.76. The molecular weight excluding hydrogens is 302 g/mol. The second kappa shape index (κ2) is 7.06. The molecule has 6 heteroatoms. The van der Waals surface area contributed by atoms with Crippen LogP contribution in [0.4, 0.5) is 11.4 Å². The van der Waals surface area contributed by atoms with E-state index in [2.05, 4.69) is 10.6 Å². The first-order valence-electron chi connectivity index (χ1n) is 6.67. The molecule has 22 heavy (non-hydrogen) atoms. The number of nitrogens with two attached hydrogens (primary N) is 1. The van der Waals surface area contributed by atoms with E-state index < -0.39 is 0 Å². The minimum atomic E-state index is -0.326. The van der Waals surface area contributed by atoms with Crippen LogP contribution in [-0.2, 0) is 4.79 Å². The molecule has 0 saturated carbocycles. The number of hydrogen-bond acceptors (Lipinski definition) is 3. The van der Waals surface area contributed by atoms with E-state index in [1.165, 1.54) is 0 Å². The maximum atomic E-state index is 12.2. The molecule has 2 aromatic rings. The van der Waals surface area contributed by atoms with Crippen LogP contribution in [0.5, 0.6) is 0 Å². The van der Waals surface area contributed by atoms with Crippen LogP contribution in [0.2, 0.25) is 5.02 Å². The molecule has 2 amide bonds. The molecule has 0 unspecified atom stereocenters. The Hall–Kier alpha value is -2.37. The van der Waals surface area contributed by atoms with Gasteiger partial charge in [-0.05, 0) is 48.9 Å². The quantitative estimate of drug-likeness (QED) is 0.810. The lowest BCUT2D eigenvalue weighted by Crippen LogP contribution is -2.23. The zero-order valence-electron chi connectivity index (χ0n) is 12.0. The molecule has 5 nitrogen and oxygen atoms in total. The fourth-order valence-electron chi connectivity index (χ4n) is 1.87. The number of anilines is 2. The van der Waals surface area contributed by atoms with E-state index in [9.17, 15) is 9.59 Å². The van der Waals surface area contributed by atoms with Crippen molar-refractivity contribution in [1.82, 2.24) is 0 Å². The summed E-state index contributed by atoms with van der Waals surface area (Å²) in [5, 5.41) is 5.99. The largest absolute Gasteiger partial charge is 0.323 e. The number of carbonyl (C=O) groups is 2. The molecule has 0 aliphatic rings. The molecule has 0 aliphatic heterocycles. The van der Waals surface area contributed by atoms with Gasteiger partial charge in [0.05, 0.1) is 17.9 Å². The fourth-order valence-corrected chi connectivity index (χ4v) is 1.99. The van der Waals surface area contributed by atoms with Crippen molar-refractivity contribution in [2.45, 2.75) is 6.92 Å². The molecule has 4 N–H and O–H groups in total. The zero-order valence-corrected chi connectivity index (χ0v) is 12.8. The Labute approximate surface area is 133 Å². The first-order chi connectivity index (χ1) is 10.5. The topological polar surface area (TPSA) is 84.2 Å². The average Bonchev–Trinajstić information content (AvgIpc) is 2.50. The van der Waals surface area contributed by atoms with Crippen molar-refractivity contribution >= 4 is 34.8 Å². The molecule has 0 aliphatic carbocycles. The normalized spacial score (nSPS) is 10.1. The highest BCUT2D eigenvalue weighted by atomic mass is 35.5. The molecule has 0 saturated heterocycles. The zero-order chi connectivity index (χ0) is 16.1. The highest BCUT2D eigenvalue weighted by Crippen LogP contribution is 2.24. The minimum absolute atomic E-state index is 0.126. The first-order valence-corrected chi connectivity index (χ1v) is 7.05. The van der Waals surface area contributed by atoms with E-state index in [0.29, 0.717) is 22.0 Å². The van der Waals surface area contributed by atoms with E-state index in [4.69, 9.17) is 17.3 Å². The van der Waals surface area contributed by atoms with Gasteiger partial charge >= 0.3 is 0 Å². The van der Waals surface area contributed by atoms with Gasteiger partial charge in [-0.1, -0.05) is 17.7 Å². The molecule has 0 bridgehead atoms. The van der Waals surface area contributed by atoms with Gasteiger partial charge in [-0.3, -0.25) is 9.59 Å². The number of benzene rings is 2. The summed E-state index contributed by atoms with van der Waals surface area (Å²) in [7, 11) is 0. The van der Waals surface area contributed by atoms with Gasteiger partial charge in [0.1, 0.15) is 0 Å². The van der Waals surface area contributed by atoms with Gasteiger partial charge in [0, 0.05) is 10.6 Å². The predicted molar refractivity (Wildman–Crippen MR) is 88.3 cm³/mol. The maximum absolute atomic E-state index is 12.2. The Morgan fingerprint density at radius 2 is 1.73 bits per heavy atom. The third-order valence-corrected chi connectivity index (χ3v) is 3.24. The van der Waals surface area contributed by atoms with E-state index in [-0.39, 0.29) is 18.4 Å². The van der Waals surface area contributed by atoms with Gasteiger partial charge in [0.25, 0.3) is 5.91 Å². The minimum Gasteiger partial charge on any atom is -0.323 e. The predicted octanol–water partition coefficient (Wildman–Crippen LogP) is 2.80. The third-order valence-electron chi connectivity index (χ3n) is 2.99. The molecule has 0 atom stereocenters. The van der Waals surface area contributed by atoms with Crippen molar-refractivity contribution in [3.05, 3.63) is 58.6 Å². The lowest BCUT2D eigenvalue weighted by atomic mass is 10.1. The second-order valence-corrected chi connectivity index (χ2v) is 5.20. The summed E-state index contributed by atoms with van der Waals surface area (Å²) in [5.74, 6) is -0.614. The SMILES string of the molecule is Cc1ccc(NC(=O)c2ccc(Cl)cc2)c(NC(=O)CN)c1. The Balaban J connectivity index is 2.23. The van der Waals surface area contributed by atoms with Gasteiger partial charge < -0.3 is 16.4 Å². The Bertz CT molecular complexity index is 699. The molecule has 0 radical (unpaired) electrons. The van der Waals surface area contributed by atoms with E-state index in [0.717, 1.165) is 5.56 Å². The van der Waals surface area contributed by atoms with Crippen molar-refractivity contribution in [3.63, 3.8) is 0 Å². The Morgan fingerprint density at radius 3 is 2.36 bits per heavy atom. The number of amides is 2. The van der Waals surface area contributed by atoms with Crippen LogP contribution in [0.3, 0.4) is 0 Å². The Kier molecular flexibility index (Phi) is 5.14. The van der Waals surface area contributed by atoms with Crippen LogP contribution >= 0.6 is 11.6 Å². The monoisotopic (exact) mass is 317 g/mol. The highest BCUT2D eigenvalue weighted by Gasteiger charge is 2.11. The van der Waals surface area contributed by atoms with Gasteiger partial charge in [0.15, 0.2) is 0 Å². The maximum Gasteiger partial charge on any atom is 0.255 e. The molecular formula is C16H16ClN3O2. The summed E-state index contributed by atoms with van der Waals surface area (Å²) in [5.41, 5.74) is 7.75. The van der Waals surface area contributed by atoms with Crippen molar-refractivity contribution in [3.8, 4) is 0 Å². The van der Waals surface area contributed by atoms with E-state index in [1.807, 2.05) is 13.0 Å². The van der Waals surface area contributed by atoms with Crippen molar-refractivity contribution < 1.29 is 9.59 Å². The van der Waals surface area contributed by atoms with Gasteiger partial charge in [-0.25, -0.2) is 0 Å².